The highest BCUT2D eigenvalue weighted by molar-refractivity contribution is 5.99. The maximum Gasteiger partial charge on any atom is 0.231 e. The average Bonchev–Trinajstić information content (AvgIpc) is 3.55. The fourth-order valence-electron chi connectivity index (χ4n) is 5.39. The molecule has 0 aromatic heterocycles. The minimum absolute atomic E-state index is 0.0169. The highest BCUT2D eigenvalue weighted by Crippen LogP contribution is 2.47. The summed E-state index contributed by atoms with van der Waals surface area (Å²) in [5.41, 5.74) is 6.48. The van der Waals surface area contributed by atoms with Crippen LogP contribution in [0.2, 0.25) is 0 Å². The fourth-order valence-corrected chi connectivity index (χ4v) is 5.39. The summed E-state index contributed by atoms with van der Waals surface area (Å²) in [6.45, 7) is 8.53. The Morgan fingerprint density at radius 3 is 2.76 bits per heavy atom. The van der Waals surface area contributed by atoms with Crippen molar-refractivity contribution in [3.63, 3.8) is 0 Å². The van der Waals surface area contributed by atoms with Crippen LogP contribution >= 0.6 is 0 Å². The number of ether oxygens (including phenoxy) is 2. The molecule has 0 spiro atoms. The van der Waals surface area contributed by atoms with Crippen molar-refractivity contribution in [2.24, 2.45) is 22.6 Å². The number of carbonyl (C=O) groups excluding carboxylic acids is 2. The Morgan fingerprint density at radius 1 is 1.35 bits per heavy atom. The van der Waals surface area contributed by atoms with Crippen LogP contribution in [0.25, 0.3) is 0 Å². The van der Waals surface area contributed by atoms with Crippen LogP contribution in [0.4, 0.5) is 0 Å². The number of amides is 2. The molecule has 2 amide bonds. The van der Waals surface area contributed by atoms with Gasteiger partial charge in [0.05, 0.1) is 18.0 Å². The molecule has 0 radical (unpaired) electrons. The van der Waals surface area contributed by atoms with Crippen LogP contribution in [0, 0.1) is 11.8 Å². The number of carbonyl (C=O) groups is 2. The highest BCUT2D eigenvalue weighted by atomic mass is 16.5. The zero-order valence-corrected chi connectivity index (χ0v) is 21.0. The van der Waals surface area contributed by atoms with Gasteiger partial charge in [-0.1, -0.05) is 25.1 Å². The molecule has 8 heteroatoms. The van der Waals surface area contributed by atoms with E-state index in [-0.39, 0.29) is 47.3 Å². The largest absolute Gasteiger partial charge is 0.487 e. The van der Waals surface area contributed by atoms with E-state index in [4.69, 9.17) is 15.2 Å². The lowest BCUT2D eigenvalue weighted by Gasteiger charge is -2.39. The van der Waals surface area contributed by atoms with Crippen LogP contribution in [0.3, 0.4) is 0 Å². The Balaban J connectivity index is 1.49. The number of para-hydroxylation sites is 1. The van der Waals surface area contributed by atoms with Crippen molar-refractivity contribution >= 4 is 17.8 Å². The minimum atomic E-state index is -0.465. The molecular formula is C26H38N4O4. The summed E-state index contributed by atoms with van der Waals surface area (Å²) in [5, 5.41) is 3.27. The number of aliphatic imine (C=N–C) groups is 1. The molecule has 4 rings (SSSR count). The van der Waals surface area contributed by atoms with E-state index in [1.807, 2.05) is 52.0 Å². The van der Waals surface area contributed by atoms with Crippen LogP contribution in [-0.4, -0.2) is 53.6 Å². The SMILES string of the molecule is CC[C@@]1(C)CC(=O)N([C@H](CCOC)C2CC2C(=O)N[C@H]2CC(C)(C)Oc3ccccc32)C(N)=N1. The van der Waals surface area contributed by atoms with Gasteiger partial charge in [0.2, 0.25) is 11.8 Å². The number of nitrogens with two attached hydrogens (primary N) is 1. The first-order valence-electron chi connectivity index (χ1n) is 12.3. The molecule has 2 aliphatic heterocycles. The molecule has 1 saturated carbocycles. The molecule has 1 aromatic rings. The lowest BCUT2D eigenvalue weighted by molar-refractivity contribution is -0.132. The van der Waals surface area contributed by atoms with E-state index in [2.05, 4.69) is 10.3 Å². The van der Waals surface area contributed by atoms with Crippen LogP contribution in [-0.2, 0) is 14.3 Å². The van der Waals surface area contributed by atoms with Gasteiger partial charge in [-0.2, -0.15) is 0 Å². The van der Waals surface area contributed by atoms with Gasteiger partial charge in [0.25, 0.3) is 0 Å². The number of nitrogens with zero attached hydrogens (tertiary/aromatic N) is 2. The molecule has 34 heavy (non-hydrogen) atoms. The monoisotopic (exact) mass is 470 g/mol. The Kier molecular flexibility index (Phi) is 6.64. The first kappa shape index (κ1) is 24.5. The molecule has 8 nitrogen and oxygen atoms in total. The Morgan fingerprint density at radius 2 is 2.09 bits per heavy atom. The van der Waals surface area contributed by atoms with Gasteiger partial charge in [0.1, 0.15) is 11.4 Å². The molecule has 0 saturated heterocycles. The van der Waals surface area contributed by atoms with Crippen molar-refractivity contribution in [3.05, 3.63) is 29.8 Å². The summed E-state index contributed by atoms with van der Waals surface area (Å²) in [6.07, 6.45) is 3.10. The number of benzene rings is 1. The molecule has 186 valence electrons. The molecule has 0 bridgehead atoms. The number of nitrogens with one attached hydrogen (secondary N) is 1. The van der Waals surface area contributed by atoms with Crippen molar-refractivity contribution in [1.82, 2.24) is 10.2 Å². The first-order valence-corrected chi connectivity index (χ1v) is 12.3. The summed E-state index contributed by atoms with van der Waals surface area (Å²) < 4.78 is 11.4. The number of methoxy groups -OCH3 is 1. The van der Waals surface area contributed by atoms with Crippen LogP contribution in [0.1, 0.15) is 71.4 Å². The second kappa shape index (κ2) is 9.21. The van der Waals surface area contributed by atoms with Crippen LogP contribution < -0.4 is 15.8 Å². The molecule has 3 aliphatic rings. The van der Waals surface area contributed by atoms with Crippen molar-refractivity contribution < 1.29 is 19.1 Å². The minimum Gasteiger partial charge on any atom is -0.487 e. The van der Waals surface area contributed by atoms with Gasteiger partial charge in [-0.15, -0.1) is 0 Å². The van der Waals surface area contributed by atoms with Crippen molar-refractivity contribution in [3.8, 4) is 5.75 Å². The second-order valence-electron chi connectivity index (χ2n) is 10.8. The maximum absolute atomic E-state index is 13.3. The van der Waals surface area contributed by atoms with E-state index in [9.17, 15) is 9.59 Å². The van der Waals surface area contributed by atoms with Crippen molar-refractivity contribution in [2.45, 2.75) is 83.0 Å². The predicted molar refractivity (Wildman–Crippen MR) is 130 cm³/mol. The van der Waals surface area contributed by atoms with Gasteiger partial charge in [0, 0.05) is 37.7 Å². The summed E-state index contributed by atoms with van der Waals surface area (Å²) >= 11 is 0. The number of fused-ring (bicyclic) bond motifs is 1. The summed E-state index contributed by atoms with van der Waals surface area (Å²) in [5.74, 6) is 0.929. The number of guanidine groups is 1. The first-order chi connectivity index (χ1) is 16.1. The van der Waals surface area contributed by atoms with Gasteiger partial charge in [-0.05, 0) is 52.0 Å². The Hall–Kier alpha value is -2.61. The smallest absolute Gasteiger partial charge is 0.231 e. The van der Waals surface area contributed by atoms with Gasteiger partial charge in [-0.3, -0.25) is 14.5 Å². The van der Waals surface area contributed by atoms with E-state index in [0.29, 0.717) is 25.9 Å². The van der Waals surface area contributed by atoms with Crippen molar-refractivity contribution in [2.75, 3.05) is 13.7 Å². The van der Waals surface area contributed by atoms with Crippen LogP contribution in [0.5, 0.6) is 5.75 Å². The van der Waals surface area contributed by atoms with E-state index >= 15 is 0 Å². The van der Waals surface area contributed by atoms with E-state index in [0.717, 1.165) is 24.2 Å². The second-order valence-corrected chi connectivity index (χ2v) is 10.8. The molecule has 2 heterocycles. The molecule has 5 atom stereocenters. The molecule has 1 fully saturated rings. The normalized spacial score (nSPS) is 30.6. The number of hydrogen-bond acceptors (Lipinski definition) is 6. The quantitative estimate of drug-likeness (QED) is 0.607. The van der Waals surface area contributed by atoms with E-state index in [1.54, 1.807) is 12.0 Å². The van der Waals surface area contributed by atoms with Gasteiger partial charge >= 0.3 is 0 Å². The lowest BCUT2D eigenvalue weighted by Crippen LogP contribution is -2.56. The standard InChI is InChI=1S/C26H38N4O4/c1-6-26(4)15-22(31)30(24(27)29-26)20(11-12-33-5)17-13-18(17)23(32)28-19-14-25(2,3)34-21-10-8-7-9-16(19)21/h7-10,17-20H,6,11-15H2,1-5H3,(H2,27,29)(H,28,32)/t17?,18?,19-,20+,26-/m0/s1. The Bertz CT molecular complexity index is 977. The summed E-state index contributed by atoms with van der Waals surface area (Å²) in [7, 11) is 1.64. The molecular weight excluding hydrogens is 432 g/mol. The molecule has 1 aliphatic carbocycles. The van der Waals surface area contributed by atoms with Crippen LogP contribution in [0.15, 0.2) is 29.3 Å². The van der Waals surface area contributed by atoms with Gasteiger partial charge < -0.3 is 20.5 Å². The highest BCUT2D eigenvalue weighted by Gasteiger charge is 2.52. The molecule has 2 unspecified atom stereocenters. The number of hydrogen-bond donors (Lipinski definition) is 2. The Labute approximate surface area is 202 Å². The third-order valence-corrected chi connectivity index (χ3v) is 7.51. The molecule has 3 N–H and O–H groups in total. The predicted octanol–water partition coefficient (Wildman–Crippen LogP) is 3.16. The van der Waals surface area contributed by atoms with Gasteiger partial charge in [0.15, 0.2) is 5.96 Å². The molecule has 1 aromatic carbocycles. The third-order valence-electron chi connectivity index (χ3n) is 7.51. The zero-order valence-electron chi connectivity index (χ0n) is 21.0. The third kappa shape index (κ3) is 4.92. The number of rotatable bonds is 8. The average molecular weight is 471 g/mol. The van der Waals surface area contributed by atoms with Crippen molar-refractivity contribution in [1.29, 1.82) is 0 Å². The lowest BCUT2D eigenvalue weighted by atomic mass is 9.89. The summed E-state index contributed by atoms with van der Waals surface area (Å²) in [6, 6.07) is 7.56. The van der Waals surface area contributed by atoms with E-state index in [1.165, 1.54) is 0 Å². The summed E-state index contributed by atoms with van der Waals surface area (Å²) in [4.78, 5) is 32.7. The van der Waals surface area contributed by atoms with Gasteiger partial charge in [-0.25, -0.2) is 4.99 Å². The maximum atomic E-state index is 13.3. The topological polar surface area (TPSA) is 106 Å². The fraction of sp³-hybridized carbons (Fsp3) is 0.654. The zero-order chi connectivity index (χ0) is 24.7. The van der Waals surface area contributed by atoms with E-state index < -0.39 is 5.54 Å².